The molecule has 1 aliphatic rings. The molecule has 2 heterocycles. The maximum atomic E-state index is 11.5. The first kappa shape index (κ1) is 15.0. The van der Waals surface area contributed by atoms with E-state index in [1.165, 1.54) is 0 Å². The highest BCUT2D eigenvalue weighted by Gasteiger charge is 2.24. The third-order valence-corrected chi connectivity index (χ3v) is 3.70. The fraction of sp³-hybridized carbons (Fsp3) is 0.786. The van der Waals surface area contributed by atoms with Gasteiger partial charge in [0.15, 0.2) is 5.82 Å². The van der Waals surface area contributed by atoms with Crippen molar-refractivity contribution < 1.29 is 9.32 Å². The monoisotopic (exact) mass is 280 g/mol. The lowest BCUT2D eigenvalue weighted by atomic mass is 9.97. The average Bonchev–Trinajstić information content (AvgIpc) is 2.82. The van der Waals surface area contributed by atoms with E-state index in [4.69, 9.17) is 4.52 Å². The van der Waals surface area contributed by atoms with Gasteiger partial charge >= 0.3 is 0 Å². The first-order chi connectivity index (χ1) is 9.45. The van der Waals surface area contributed by atoms with Crippen LogP contribution in [0.15, 0.2) is 4.52 Å². The summed E-state index contributed by atoms with van der Waals surface area (Å²) in [5.74, 6) is 2.49. The van der Waals surface area contributed by atoms with E-state index >= 15 is 0 Å². The normalized spacial score (nSPS) is 20.2. The highest BCUT2D eigenvalue weighted by atomic mass is 16.5. The third kappa shape index (κ3) is 3.79. The van der Waals surface area contributed by atoms with Gasteiger partial charge in [0, 0.05) is 32.5 Å². The summed E-state index contributed by atoms with van der Waals surface area (Å²) in [6, 6.07) is 0. The SMILES string of the molecule is CC(C)c1noc(CN(C)CC2CCC(=O)N(C)C2)n1. The largest absolute Gasteiger partial charge is 0.345 e. The molecule has 1 aromatic heterocycles. The average molecular weight is 280 g/mol. The van der Waals surface area contributed by atoms with Gasteiger partial charge in [0.25, 0.3) is 0 Å². The molecule has 0 bridgehead atoms. The number of nitrogens with zero attached hydrogens (tertiary/aromatic N) is 4. The van der Waals surface area contributed by atoms with E-state index in [0.29, 0.717) is 24.8 Å². The number of hydrogen-bond acceptors (Lipinski definition) is 5. The van der Waals surface area contributed by atoms with Crippen molar-refractivity contribution in [3.05, 3.63) is 11.7 Å². The van der Waals surface area contributed by atoms with Crippen molar-refractivity contribution >= 4 is 5.91 Å². The van der Waals surface area contributed by atoms with E-state index in [0.717, 1.165) is 25.3 Å². The molecule has 6 heteroatoms. The molecule has 6 nitrogen and oxygen atoms in total. The van der Waals surface area contributed by atoms with Crippen LogP contribution in [-0.4, -0.2) is 53.0 Å². The molecule has 1 atom stereocenters. The summed E-state index contributed by atoms with van der Waals surface area (Å²) in [7, 11) is 3.93. The van der Waals surface area contributed by atoms with Crippen molar-refractivity contribution in [2.45, 2.75) is 39.2 Å². The van der Waals surface area contributed by atoms with Crippen molar-refractivity contribution in [2.24, 2.45) is 5.92 Å². The molecule has 0 spiro atoms. The fourth-order valence-electron chi connectivity index (χ4n) is 2.55. The van der Waals surface area contributed by atoms with Crippen molar-refractivity contribution in [2.75, 3.05) is 27.2 Å². The summed E-state index contributed by atoms with van der Waals surface area (Å²) < 4.78 is 5.26. The van der Waals surface area contributed by atoms with Gasteiger partial charge in [0.2, 0.25) is 11.8 Å². The van der Waals surface area contributed by atoms with Gasteiger partial charge in [-0.3, -0.25) is 9.69 Å². The minimum absolute atomic E-state index is 0.252. The number of hydrogen-bond donors (Lipinski definition) is 0. The number of carbonyl (C=O) groups is 1. The second-order valence-electron chi connectivity index (χ2n) is 6.08. The van der Waals surface area contributed by atoms with Gasteiger partial charge in [-0.05, 0) is 19.4 Å². The molecule has 1 aromatic rings. The lowest BCUT2D eigenvalue weighted by Gasteiger charge is -2.31. The van der Waals surface area contributed by atoms with Gasteiger partial charge in [-0.25, -0.2) is 0 Å². The summed E-state index contributed by atoms with van der Waals surface area (Å²) in [6.45, 7) is 6.54. The molecule has 0 aliphatic carbocycles. The van der Waals surface area contributed by atoms with Crippen LogP contribution in [0.5, 0.6) is 0 Å². The fourth-order valence-corrected chi connectivity index (χ4v) is 2.55. The minimum atomic E-state index is 0.252. The Labute approximate surface area is 120 Å². The number of amides is 1. The highest BCUT2D eigenvalue weighted by molar-refractivity contribution is 5.76. The lowest BCUT2D eigenvalue weighted by molar-refractivity contribution is -0.133. The third-order valence-electron chi connectivity index (χ3n) is 3.70. The smallest absolute Gasteiger partial charge is 0.240 e. The Balaban J connectivity index is 1.82. The summed E-state index contributed by atoms with van der Waals surface area (Å²) in [4.78, 5) is 19.9. The molecule has 2 rings (SSSR count). The zero-order valence-corrected chi connectivity index (χ0v) is 12.8. The van der Waals surface area contributed by atoms with Gasteiger partial charge in [-0.1, -0.05) is 19.0 Å². The molecule has 1 fully saturated rings. The Morgan fingerprint density at radius 2 is 2.25 bits per heavy atom. The Morgan fingerprint density at radius 1 is 1.50 bits per heavy atom. The summed E-state index contributed by atoms with van der Waals surface area (Å²) in [6.07, 6.45) is 1.63. The maximum absolute atomic E-state index is 11.5. The zero-order chi connectivity index (χ0) is 14.7. The molecule has 0 N–H and O–H groups in total. The number of likely N-dealkylation sites (tertiary alicyclic amines) is 1. The molecule has 0 saturated carbocycles. The molecule has 0 aromatic carbocycles. The number of aromatic nitrogens is 2. The van der Waals surface area contributed by atoms with E-state index in [-0.39, 0.29) is 11.8 Å². The Bertz CT molecular complexity index is 458. The van der Waals surface area contributed by atoms with Gasteiger partial charge in [-0.2, -0.15) is 4.98 Å². The second kappa shape index (κ2) is 6.35. The van der Waals surface area contributed by atoms with Crippen LogP contribution in [0, 0.1) is 5.92 Å². The standard InChI is InChI=1S/C14H24N4O2/c1-10(2)14-15-12(20-16-14)9-17(3)7-11-5-6-13(19)18(4)8-11/h10-11H,5-9H2,1-4H3. The van der Waals surface area contributed by atoms with Gasteiger partial charge in [-0.15, -0.1) is 0 Å². The van der Waals surface area contributed by atoms with Crippen molar-refractivity contribution in [1.82, 2.24) is 19.9 Å². The van der Waals surface area contributed by atoms with Gasteiger partial charge in [0.1, 0.15) is 0 Å². The van der Waals surface area contributed by atoms with Crippen LogP contribution in [0.4, 0.5) is 0 Å². The molecular weight excluding hydrogens is 256 g/mol. The van der Waals surface area contributed by atoms with Crippen LogP contribution in [0.1, 0.15) is 44.3 Å². The van der Waals surface area contributed by atoms with E-state index in [1.54, 1.807) is 0 Å². The number of piperidine rings is 1. The highest BCUT2D eigenvalue weighted by Crippen LogP contribution is 2.18. The Morgan fingerprint density at radius 3 is 2.85 bits per heavy atom. The van der Waals surface area contributed by atoms with Gasteiger partial charge < -0.3 is 9.42 Å². The van der Waals surface area contributed by atoms with Crippen molar-refractivity contribution in [3.8, 4) is 0 Å². The maximum Gasteiger partial charge on any atom is 0.240 e. The van der Waals surface area contributed by atoms with Crippen LogP contribution in [0.3, 0.4) is 0 Å². The topological polar surface area (TPSA) is 62.5 Å². The Hall–Kier alpha value is -1.43. The van der Waals surface area contributed by atoms with Crippen LogP contribution in [-0.2, 0) is 11.3 Å². The summed E-state index contributed by atoms with van der Waals surface area (Å²) >= 11 is 0. The number of rotatable bonds is 5. The van der Waals surface area contributed by atoms with E-state index in [1.807, 2.05) is 25.8 Å². The predicted octanol–water partition coefficient (Wildman–Crippen LogP) is 1.49. The molecule has 1 aliphatic heterocycles. The molecular formula is C14H24N4O2. The molecule has 112 valence electrons. The Kier molecular flexibility index (Phi) is 4.75. The molecule has 1 unspecified atom stereocenters. The first-order valence-corrected chi connectivity index (χ1v) is 7.20. The van der Waals surface area contributed by atoms with Crippen LogP contribution < -0.4 is 0 Å². The first-order valence-electron chi connectivity index (χ1n) is 7.20. The summed E-state index contributed by atoms with van der Waals surface area (Å²) in [5.41, 5.74) is 0. The van der Waals surface area contributed by atoms with Gasteiger partial charge in [0.05, 0.1) is 6.54 Å². The molecule has 20 heavy (non-hydrogen) atoms. The van der Waals surface area contributed by atoms with E-state index in [2.05, 4.69) is 22.1 Å². The van der Waals surface area contributed by atoms with E-state index < -0.39 is 0 Å². The van der Waals surface area contributed by atoms with Crippen LogP contribution in [0.2, 0.25) is 0 Å². The van der Waals surface area contributed by atoms with Crippen LogP contribution in [0.25, 0.3) is 0 Å². The second-order valence-corrected chi connectivity index (χ2v) is 6.08. The molecule has 0 radical (unpaired) electrons. The lowest BCUT2D eigenvalue weighted by Crippen LogP contribution is -2.41. The van der Waals surface area contributed by atoms with E-state index in [9.17, 15) is 4.79 Å². The van der Waals surface area contributed by atoms with Crippen molar-refractivity contribution in [1.29, 1.82) is 0 Å². The quantitative estimate of drug-likeness (QED) is 0.818. The zero-order valence-electron chi connectivity index (χ0n) is 12.8. The molecule has 1 amide bonds. The minimum Gasteiger partial charge on any atom is -0.345 e. The van der Waals surface area contributed by atoms with Crippen LogP contribution >= 0.6 is 0 Å². The molecule has 1 saturated heterocycles. The summed E-state index contributed by atoms with van der Waals surface area (Å²) in [5, 5.41) is 3.97. The number of carbonyl (C=O) groups excluding carboxylic acids is 1. The predicted molar refractivity (Wildman–Crippen MR) is 75.1 cm³/mol. The van der Waals surface area contributed by atoms with Crippen molar-refractivity contribution in [3.63, 3.8) is 0 Å².